The van der Waals surface area contributed by atoms with Crippen LogP contribution in [0.2, 0.25) is 0 Å². The number of aryl methyl sites for hydroxylation is 1. The van der Waals surface area contributed by atoms with Gasteiger partial charge >= 0.3 is 0 Å². The van der Waals surface area contributed by atoms with Crippen molar-refractivity contribution >= 4 is 11.9 Å². The number of nitrogens with zero attached hydrogens (tertiary/aromatic N) is 2. The van der Waals surface area contributed by atoms with Crippen LogP contribution < -0.4 is 0 Å². The van der Waals surface area contributed by atoms with Gasteiger partial charge in [-0.05, 0) is 48.2 Å². The molecule has 1 aliphatic carbocycles. The molecule has 0 unspecified atom stereocenters. The lowest BCUT2D eigenvalue weighted by Crippen LogP contribution is -2.13. The number of benzene rings is 2. The molecule has 4 nitrogen and oxygen atoms in total. The Balaban J connectivity index is 1.55. The summed E-state index contributed by atoms with van der Waals surface area (Å²) in [5, 5.41) is 13.9. The van der Waals surface area contributed by atoms with E-state index in [1.807, 2.05) is 35.2 Å². The van der Waals surface area contributed by atoms with Crippen LogP contribution in [0.4, 0.5) is 0 Å². The van der Waals surface area contributed by atoms with Crippen LogP contribution in [0.5, 0.6) is 5.75 Å². The van der Waals surface area contributed by atoms with E-state index in [9.17, 15) is 9.90 Å². The summed E-state index contributed by atoms with van der Waals surface area (Å²) < 4.78 is 1.88. The second-order valence-corrected chi connectivity index (χ2v) is 6.30. The Bertz CT molecular complexity index is 955. The number of Topliss-reactive ketones (excluding diaryl/α,β-unsaturated/α-hetero) is 1. The van der Waals surface area contributed by atoms with Crippen molar-refractivity contribution in [2.24, 2.45) is 0 Å². The first-order valence-electron chi connectivity index (χ1n) is 8.32. The van der Waals surface area contributed by atoms with Crippen LogP contribution >= 0.6 is 0 Å². The van der Waals surface area contributed by atoms with Gasteiger partial charge in [0.15, 0.2) is 5.78 Å². The molecule has 0 radical (unpaired) electrons. The van der Waals surface area contributed by atoms with Crippen LogP contribution in [0.15, 0.2) is 66.5 Å². The molecule has 0 aliphatic heterocycles. The van der Waals surface area contributed by atoms with Crippen LogP contribution in [0.1, 0.15) is 33.5 Å². The van der Waals surface area contributed by atoms with E-state index in [2.05, 4.69) is 17.2 Å². The topological polar surface area (TPSA) is 55.1 Å². The molecule has 1 N–H and O–H groups in total. The van der Waals surface area contributed by atoms with E-state index in [0.717, 1.165) is 23.1 Å². The third-order valence-corrected chi connectivity index (χ3v) is 4.47. The normalized spacial score (nSPS) is 15.4. The van der Waals surface area contributed by atoms with Crippen molar-refractivity contribution in [3.63, 3.8) is 0 Å². The molecule has 3 aromatic rings. The maximum Gasteiger partial charge on any atom is 0.189 e. The number of allylic oxidation sites excluding steroid dienone is 1. The first kappa shape index (κ1) is 15.4. The number of phenolic OH excluding ortho intramolecular Hbond substituents is 1. The lowest BCUT2D eigenvalue weighted by atomic mass is 9.86. The highest BCUT2D eigenvalue weighted by Gasteiger charge is 2.22. The number of hydrogen-bond acceptors (Lipinski definition) is 3. The molecule has 124 valence electrons. The predicted octanol–water partition coefficient (Wildman–Crippen LogP) is 3.85. The molecule has 0 spiro atoms. The SMILES string of the molecule is O=C1/C(=C\c2cnn(Cc3ccccc3)c2)CCc2cc(O)ccc21. The lowest BCUT2D eigenvalue weighted by Gasteiger charge is -2.17. The summed E-state index contributed by atoms with van der Waals surface area (Å²) in [6.07, 6.45) is 7.11. The zero-order chi connectivity index (χ0) is 17.2. The minimum atomic E-state index is 0.0389. The molecule has 0 saturated heterocycles. The molecular weight excluding hydrogens is 312 g/mol. The van der Waals surface area contributed by atoms with Crippen LogP contribution in [0, 0.1) is 0 Å². The van der Waals surface area contributed by atoms with Gasteiger partial charge in [0.05, 0.1) is 12.7 Å². The monoisotopic (exact) mass is 330 g/mol. The summed E-state index contributed by atoms with van der Waals surface area (Å²) in [5.41, 5.74) is 4.51. The Labute approximate surface area is 146 Å². The van der Waals surface area contributed by atoms with E-state index in [0.29, 0.717) is 18.5 Å². The summed E-state index contributed by atoms with van der Waals surface area (Å²) in [7, 11) is 0. The summed E-state index contributed by atoms with van der Waals surface area (Å²) in [5.74, 6) is 0.248. The van der Waals surface area contributed by atoms with E-state index >= 15 is 0 Å². The quantitative estimate of drug-likeness (QED) is 0.742. The Hall–Kier alpha value is -3.14. The van der Waals surface area contributed by atoms with Crippen LogP contribution in [0.25, 0.3) is 6.08 Å². The largest absolute Gasteiger partial charge is 0.508 e. The first-order chi connectivity index (χ1) is 12.2. The van der Waals surface area contributed by atoms with Crippen LogP contribution in [-0.4, -0.2) is 20.7 Å². The zero-order valence-corrected chi connectivity index (χ0v) is 13.7. The van der Waals surface area contributed by atoms with Crippen molar-refractivity contribution in [1.29, 1.82) is 0 Å². The van der Waals surface area contributed by atoms with Gasteiger partial charge in [-0.25, -0.2) is 0 Å². The number of fused-ring (bicyclic) bond motifs is 1. The minimum Gasteiger partial charge on any atom is -0.508 e. The third kappa shape index (κ3) is 3.24. The van der Waals surface area contributed by atoms with Gasteiger partial charge in [-0.3, -0.25) is 9.48 Å². The average Bonchev–Trinajstić information content (AvgIpc) is 3.05. The standard InChI is InChI=1S/C21H18N2O2/c24-19-8-9-20-17(11-19)6-7-18(21(20)25)10-16-12-22-23(14-16)13-15-4-2-1-3-5-15/h1-5,8-12,14,24H,6-7,13H2/b18-10-. The Morgan fingerprint density at radius 3 is 2.80 bits per heavy atom. The number of carbonyl (C=O) groups is 1. The van der Waals surface area contributed by atoms with E-state index in [-0.39, 0.29) is 11.5 Å². The molecule has 0 bridgehead atoms. The fourth-order valence-electron chi connectivity index (χ4n) is 3.21. The highest BCUT2D eigenvalue weighted by molar-refractivity contribution is 6.13. The number of aromatic nitrogens is 2. The molecule has 0 fully saturated rings. The van der Waals surface area contributed by atoms with Gasteiger partial charge in [0.1, 0.15) is 5.75 Å². The minimum absolute atomic E-state index is 0.0389. The van der Waals surface area contributed by atoms with Gasteiger partial charge in [-0.2, -0.15) is 5.10 Å². The molecule has 1 heterocycles. The lowest BCUT2D eigenvalue weighted by molar-refractivity contribution is 0.102. The van der Waals surface area contributed by atoms with E-state index < -0.39 is 0 Å². The van der Waals surface area contributed by atoms with Gasteiger partial charge in [-0.15, -0.1) is 0 Å². The number of aromatic hydroxyl groups is 1. The number of rotatable bonds is 3. The van der Waals surface area contributed by atoms with Crippen molar-refractivity contribution in [3.8, 4) is 5.75 Å². The first-order valence-corrected chi connectivity index (χ1v) is 8.32. The second kappa shape index (κ2) is 6.40. The summed E-state index contributed by atoms with van der Waals surface area (Å²) >= 11 is 0. The fraction of sp³-hybridized carbons (Fsp3) is 0.143. The van der Waals surface area contributed by atoms with Crippen LogP contribution in [0.3, 0.4) is 0 Å². The average molecular weight is 330 g/mol. The molecule has 2 aromatic carbocycles. The molecule has 0 amide bonds. The highest BCUT2D eigenvalue weighted by Crippen LogP contribution is 2.29. The highest BCUT2D eigenvalue weighted by atomic mass is 16.3. The van der Waals surface area contributed by atoms with Gasteiger partial charge in [-0.1, -0.05) is 30.3 Å². The molecule has 4 heteroatoms. The number of phenols is 1. The molecular formula is C21H18N2O2. The van der Waals surface area contributed by atoms with E-state index in [1.165, 1.54) is 5.56 Å². The number of carbonyl (C=O) groups excluding carboxylic acids is 1. The fourth-order valence-corrected chi connectivity index (χ4v) is 3.21. The van der Waals surface area contributed by atoms with Crippen LogP contribution in [-0.2, 0) is 13.0 Å². The van der Waals surface area contributed by atoms with Crippen molar-refractivity contribution in [2.75, 3.05) is 0 Å². The molecule has 1 aromatic heterocycles. The van der Waals surface area contributed by atoms with Gasteiger partial charge < -0.3 is 5.11 Å². The maximum atomic E-state index is 12.7. The number of ketones is 1. The molecule has 25 heavy (non-hydrogen) atoms. The summed E-state index contributed by atoms with van der Waals surface area (Å²) in [4.78, 5) is 12.7. The maximum absolute atomic E-state index is 12.7. The van der Waals surface area contributed by atoms with Crippen molar-refractivity contribution in [2.45, 2.75) is 19.4 Å². The van der Waals surface area contributed by atoms with Gasteiger partial charge in [0.2, 0.25) is 0 Å². The number of hydrogen-bond donors (Lipinski definition) is 1. The van der Waals surface area contributed by atoms with Crippen molar-refractivity contribution < 1.29 is 9.90 Å². The summed E-state index contributed by atoms with van der Waals surface area (Å²) in [6.45, 7) is 0.708. The van der Waals surface area contributed by atoms with Crippen molar-refractivity contribution in [1.82, 2.24) is 9.78 Å². The van der Waals surface area contributed by atoms with Crippen molar-refractivity contribution in [3.05, 3.63) is 88.8 Å². The smallest absolute Gasteiger partial charge is 0.189 e. The van der Waals surface area contributed by atoms with Gasteiger partial charge in [0, 0.05) is 22.9 Å². The predicted molar refractivity (Wildman–Crippen MR) is 96.5 cm³/mol. The Morgan fingerprint density at radius 2 is 1.96 bits per heavy atom. The Kier molecular flexibility index (Phi) is 3.94. The molecule has 4 rings (SSSR count). The molecule has 0 atom stereocenters. The van der Waals surface area contributed by atoms with E-state index in [4.69, 9.17) is 0 Å². The molecule has 1 aliphatic rings. The Morgan fingerprint density at radius 1 is 1.12 bits per heavy atom. The molecule has 0 saturated carbocycles. The van der Waals surface area contributed by atoms with E-state index in [1.54, 1.807) is 24.4 Å². The zero-order valence-electron chi connectivity index (χ0n) is 13.7. The third-order valence-electron chi connectivity index (χ3n) is 4.47. The second-order valence-electron chi connectivity index (χ2n) is 6.30. The van der Waals surface area contributed by atoms with Gasteiger partial charge in [0.25, 0.3) is 0 Å². The summed E-state index contributed by atoms with van der Waals surface area (Å²) in [6, 6.07) is 15.1.